The third-order valence-corrected chi connectivity index (χ3v) is 4.19. The number of nitrogens with zero attached hydrogens (tertiary/aromatic N) is 3. The lowest BCUT2D eigenvalue weighted by Crippen LogP contribution is -2.45. The summed E-state index contributed by atoms with van der Waals surface area (Å²) < 4.78 is 2.31. The van der Waals surface area contributed by atoms with Crippen molar-refractivity contribution >= 4 is 41.8 Å². The van der Waals surface area contributed by atoms with Gasteiger partial charge in [-0.2, -0.15) is 0 Å². The first kappa shape index (κ1) is 21.1. The predicted octanol–water partition coefficient (Wildman–Crippen LogP) is -0.0424. The summed E-state index contributed by atoms with van der Waals surface area (Å²) in [7, 11) is 2.95. The number of fused-ring (bicyclic) bond motifs is 1. The lowest BCUT2D eigenvalue weighted by molar-refractivity contribution is 0.0930. The Morgan fingerprint density at radius 1 is 1.28 bits per heavy atom. The standard InChI is InChI=1S/C15H19N5O3.2ClH/c1-19-12-11(14(22)20(2)15(19)23)6-9(7-17-12)13(21)18-10-4-3-5-16-8-10;;/h6-7,10,16H,3-5,8H2,1-2H3,(H,18,21);2*1H. The Balaban J connectivity index is 0.00000156. The van der Waals surface area contributed by atoms with Crippen LogP contribution in [0.15, 0.2) is 21.9 Å². The minimum Gasteiger partial charge on any atom is -0.348 e. The first-order valence-electron chi connectivity index (χ1n) is 7.56. The van der Waals surface area contributed by atoms with Crippen LogP contribution >= 0.6 is 24.8 Å². The van der Waals surface area contributed by atoms with Crippen LogP contribution in [0.5, 0.6) is 0 Å². The van der Waals surface area contributed by atoms with Gasteiger partial charge in [-0.15, -0.1) is 24.8 Å². The van der Waals surface area contributed by atoms with Crippen LogP contribution in [0, 0.1) is 0 Å². The molecular weight excluding hydrogens is 369 g/mol. The second-order valence-electron chi connectivity index (χ2n) is 5.82. The van der Waals surface area contributed by atoms with Gasteiger partial charge in [-0.3, -0.25) is 18.7 Å². The molecule has 1 fully saturated rings. The fourth-order valence-corrected chi connectivity index (χ4v) is 2.83. The number of carbonyl (C=O) groups is 1. The first-order chi connectivity index (χ1) is 11.0. The number of rotatable bonds is 2. The molecule has 0 bridgehead atoms. The molecule has 3 rings (SSSR count). The minimum atomic E-state index is -0.454. The number of carbonyl (C=O) groups excluding carboxylic acids is 1. The third kappa shape index (κ3) is 4.02. The van der Waals surface area contributed by atoms with Crippen molar-refractivity contribution in [1.82, 2.24) is 24.8 Å². The van der Waals surface area contributed by atoms with Gasteiger partial charge in [-0.05, 0) is 25.5 Å². The van der Waals surface area contributed by atoms with Crippen molar-refractivity contribution in [3.05, 3.63) is 38.7 Å². The molecule has 3 heterocycles. The molecule has 1 saturated heterocycles. The zero-order valence-corrected chi connectivity index (χ0v) is 15.6. The maximum absolute atomic E-state index is 12.3. The van der Waals surface area contributed by atoms with Crippen LogP contribution in [-0.2, 0) is 14.1 Å². The maximum atomic E-state index is 12.3. The van der Waals surface area contributed by atoms with E-state index in [4.69, 9.17) is 0 Å². The molecule has 1 amide bonds. The molecule has 0 aromatic carbocycles. The molecule has 2 aromatic rings. The van der Waals surface area contributed by atoms with Crippen LogP contribution in [0.2, 0.25) is 0 Å². The molecule has 1 aliphatic rings. The van der Waals surface area contributed by atoms with Gasteiger partial charge in [0.15, 0.2) is 0 Å². The lowest BCUT2D eigenvalue weighted by Gasteiger charge is -2.23. The highest BCUT2D eigenvalue weighted by molar-refractivity contribution is 5.96. The second-order valence-corrected chi connectivity index (χ2v) is 5.82. The Hall–Kier alpha value is -1.90. The molecule has 25 heavy (non-hydrogen) atoms. The normalized spacial score (nSPS) is 16.6. The van der Waals surface area contributed by atoms with E-state index in [1.807, 2.05) is 0 Å². The van der Waals surface area contributed by atoms with Gasteiger partial charge in [0.2, 0.25) is 0 Å². The Labute approximate surface area is 156 Å². The van der Waals surface area contributed by atoms with Crippen molar-refractivity contribution in [2.24, 2.45) is 14.1 Å². The van der Waals surface area contributed by atoms with Crippen molar-refractivity contribution in [3.63, 3.8) is 0 Å². The highest BCUT2D eigenvalue weighted by atomic mass is 35.5. The fraction of sp³-hybridized carbons (Fsp3) is 0.467. The van der Waals surface area contributed by atoms with Crippen molar-refractivity contribution < 1.29 is 4.79 Å². The summed E-state index contributed by atoms with van der Waals surface area (Å²) in [6.07, 6.45) is 3.34. The lowest BCUT2D eigenvalue weighted by atomic mass is 10.1. The molecule has 138 valence electrons. The van der Waals surface area contributed by atoms with E-state index < -0.39 is 11.2 Å². The van der Waals surface area contributed by atoms with Gasteiger partial charge in [-0.25, -0.2) is 9.78 Å². The number of halogens is 2. The van der Waals surface area contributed by atoms with Gasteiger partial charge in [-0.1, -0.05) is 0 Å². The van der Waals surface area contributed by atoms with Gasteiger partial charge in [0, 0.05) is 32.9 Å². The number of hydrogen-bond donors (Lipinski definition) is 2. The summed E-state index contributed by atoms with van der Waals surface area (Å²) in [4.78, 5) is 40.6. The number of pyridine rings is 1. The number of amides is 1. The molecule has 2 aromatic heterocycles. The Kier molecular flexibility index (Phi) is 7.16. The third-order valence-electron chi connectivity index (χ3n) is 4.19. The van der Waals surface area contributed by atoms with E-state index in [0.717, 1.165) is 30.5 Å². The zero-order valence-electron chi connectivity index (χ0n) is 13.9. The van der Waals surface area contributed by atoms with Crippen molar-refractivity contribution in [1.29, 1.82) is 0 Å². The van der Waals surface area contributed by atoms with Crippen LogP contribution in [0.4, 0.5) is 0 Å². The van der Waals surface area contributed by atoms with Gasteiger partial charge >= 0.3 is 5.69 Å². The van der Waals surface area contributed by atoms with E-state index in [-0.39, 0.29) is 47.8 Å². The van der Waals surface area contributed by atoms with E-state index >= 15 is 0 Å². The quantitative estimate of drug-likeness (QED) is 0.750. The van der Waals surface area contributed by atoms with Crippen molar-refractivity contribution in [2.75, 3.05) is 13.1 Å². The number of aromatic nitrogens is 3. The fourth-order valence-electron chi connectivity index (χ4n) is 2.83. The van der Waals surface area contributed by atoms with Crippen LogP contribution < -0.4 is 21.9 Å². The number of aryl methyl sites for hydroxylation is 1. The SMILES string of the molecule is Cl.Cl.Cn1c(=O)c2cc(C(=O)NC3CCCNC3)cnc2n(C)c1=O. The molecule has 0 spiro atoms. The van der Waals surface area contributed by atoms with Crippen LogP contribution in [0.1, 0.15) is 23.2 Å². The summed E-state index contributed by atoms with van der Waals surface area (Å²) in [6.45, 7) is 1.71. The Morgan fingerprint density at radius 3 is 2.64 bits per heavy atom. The summed E-state index contributed by atoms with van der Waals surface area (Å²) in [5, 5.41) is 6.42. The molecule has 1 atom stereocenters. The Bertz CT molecular complexity index is 887. The summed E-state index contributed by atoms with van der Waals surface area (Å²) >= 11 is 0. The molecule has 1 aliphatic heterocycles. The molecule has 0 radical (unpaired) electrons. The average Bonchev–Trinajstić information content (AvgIpc) is 2.58. The molecule has 1 unspecified atom stereocenters. The molecule has 0 aliphatic carbocycles. The molecule has 0 saturated carbocycles. The van der Waals surface area contributed by atoms with Crippen LogP contribution in [0.25, 0.3) is 11.0 Å². The van der Waals surface area contributed by atoms with E-state index in [9.17, 15) is 14.4 Å². The van der Waals surface area contributed by atoms with Crippen LogP contribution in [-0.4, -0.2) is 39.2 Å². The number of piperidine rings is 1. The summed E-state index contributed by atoms with van der Waals surface area (Å²) in [5.41, 5.74) is -0.308. The monoisotopic (exact) mass is 389 g/mol. The van der Waals surface area contributed by atoms with E-state index in [2.05, 4.69) is 15.6 Å². The molecule has 2 N–H and O–H groups in total. The number of nitrogens with one attached hydrogen (secondary N) is 2. The minimum absolute atomic E-state index is 0. The van der Waals surface area contributed by atoms with E-state index in [1.165, 1.54) is 23.9 Å². The first-order valence-corrected chi connectivity index (χ1v) is 7.56. The maximum Gasteiger partial charge on any atom is 0.332 e. The average molecular weight is 390 g/mol. The second kappa shape index (κ2) is 8.46. The highest BCUT2D eigenvalue weighted by Crippen LogP contribution is 2.09. The molecule has 10 heteroatoms. The largest absolute Gasteiger partial charge is 0.348 e. The topological polar surface area (TPSA) is 98.0 Å². The van der Waals surface area contributed by atoms with Crippen molar-refractivity contribution in [2.45, 2.75) is 18.9 Å². The van der Waals surface area contributed by atoms with Gasteiger partial charge in [0.1, 0.15) is 5.65 Å². The molecular formula is C15H21Cl2N5O3. The smallest absolute Gasteiger partial charge is 0.332 e. The molecule has 8 nitrogen and oxygen atoms in total. The highest BCUT2D eigenvalue weighted by Gasteiger charge is 2.18. The van der Waals surface area contributed by atoms with Crippen LogP contribution in [0.3, 0.4) is 0 Å². The summed E-state index contributed by atoms with van der Waals surface area (Å²) in [6, 6.07) is 1.57. The van der Waals surface area contributed by atoms with Crippen molar-refractivity contribution in [3.8, 4) is 0 Å². The Morgan fingerprint density at radius 2 is 2.00 bits per heavy atom. The summed E-state index contributed by atoms with van der Waals surface area (Å²) in [5.74, 6) is -0.260. The van der Waals surface area contributed by atoms with E-state index in [0.29, 0.717) is 5.56 Å². The van der Waals surface area contributed by atoms with E-state index in [1.54, 1.807) is 7.05 Å². The van der Waals surface area contributed by atoms with Gasteiger partial charge in [0.05, 0.1) is 10.9 Å². The van der Waals surface area contributed by atoms with Gasteiger partial charge < -0.3 is 10.6 Å². The predicted molar refractivity (Wildman–Crippen MR) is 100 cm³/mol. The number of hydrogen-bond acceptors (Lipinski definition) is 5. The zero-order chi connectivity index (χ0) is 16.6. The van der Waals surface area contributed by atoms with Gasteiger partial charge in [0.25, 0.3) is 11.5 Å².